The summed E-state index contributed by atoms with van der Waals surface area (Å²) in [7, 11) is 0. The molecule has 0 saturated heterocycles. The van der Waals surface area contributed by atoms with Crippen molar-refractivity contribution >= 4 is 27.5 Å². The Kier molecular flexibility index (Phi) is 3.82. The van der Waals surface area contributed by atoms with Crippen LogP contribution >= 0.6 is 15.9 Å². The molecule has 2 aromatic rings. The number of nitrogens with one attached hydrogen (secondary N) is 1. The molecule has 1 N–H and O–H groups in total. The van der Waals surface area contributed by atoms with Gasteiger partial charge in [-0.3, -0.25) is 4.79 Å². The van der Waals surface area contributed by atoms with E-state index >= 15 is 0 Å². The van der Waals surface area contributed by atoms with Crippen molar-refractivity contribution in [3.63, 3.8) is 0 Å². The fourth-order valence-corrected chi connectivity index (χ4v) is 2.13. The first kappa shape index (κ1) is 12.8. The maximum Gasteiger partial charge on any atom is 0.255 e. The standard InChI is InChI=1S/C15H14BrNO/c1-10-6-5-7-12(11(10)2)15(18)17-14-9-4-3-8-13(14)16/h3-9H,1-2H3,(H,17,18). The molecule has 0 aromatic heterocycles. The van der Waals surface area contributed by atoms with Crippen molar-refractivity contribution in [2.75, 3.05) is 5.32 Å². The van der Waals surface area contributed by atoms with Crippen LogP contribution in [0.4, 0.5) is 5.69 Å². The molecule has 0 aliphatic rings. The molecule has 0 aliphatic heterocycles. The van der Waals surface area contributed by atoms with Crippen LogP contribution < -0.4 is 5.32 Å². The van der Waals surface area contributed by atoms with Gasteiger partial charge in [0.05, 0.1) is 5.69 Å². The summed E-state index contributed by atoms with van der Waals surface area (Å²) in [5, 5.41) is 2.91. The number of anilines is 1. The Hall–Kier alpha value is -1.61. The van der Waals surface area contributed by atoms with Gasteiger partial charge >= 0.3 is 0 Å². The van der Waals surface area contributed by atoms with Crippen molar-refractivity contribution < 1.29 is 4.79 Å². The Morgan fingerprint density at radius 3 is 2.50 bits per heavy atom. The summed E-state index contributed by atoms with van der Waals surface area (Å²) in [6, 6.07) is 13.3. The van der Waals surface area contributed by atoms with Gasteiger partial charge in [0, 0.05) is 10.0 Å². The normalized spacial score (nSPS) is 10.2. The minimum atomic E-state index is -0.0805. The molecule has 0 unspecified atom stereocenters. The summed E-state index contributed by atoms with van der Waals surface area (Å²) in [5.74, 6) is -0.0805. The molecular formula is C15H14BrNO. The van der Waals surface area contributed by atoms with Crippen LogP contribution in [0.15, 0.2) is 46.9 Å². The largest absolute Gasteiger partial charge is 0.321 e. The number of para-hydroxylation sites is 1. The Bertz CT molecular complexity index is 593. The van der Waals surface area contributed by atoms with Crippen molar-refractivity contribution in [2.24, 2.45) is 0 Å². The highest BCUT2D eigenvalue weighted by molar-refractivity contribution is 9.10. The third kappa shape index (κ3) is 2.62. The van der Waals surface area contributed by atoms with Crippen molar-refractivity contribution in [2.45, 2.75) is 13.8 Å². The molecule has 0 aliphatic carbocycles. The van der Waals surface area contributed by atoms with Crippen LogP contribution in [-0.4, -0.2) is 5.91 Å². The molecule has 3 heteroatoms. The molecule has 0 heterocycles. The number of carbonyl (C=O) groups is 1. The Labute approximate surface area is 115 Å². The Balaban J connectivity index is 2.28. The summed E-state index contributed by atoms with van der Waals surface area (Å²) in [6.45, 7) is 3.97. The zero-order chi connectivity index (χ0) is 13.1. The van der Waals surface area contributed by atoms with Gasteiger partial charge < -0.3 is 5.32 Å². The molecule has 2 aromatic carbocycles. The van der Waals surface area contributed by atoms with Crippen LogP contribution in [0.2, 0.25) is 0 Å². The molecule has 0 spiro atoms. The summed E-state index contributed by atoms with van der Waals surface area (Å²) in [4.78, 5) is 12.2. The number of benzene rings is 2. The van der Waals surface area contributed by atoms with Crippen LogP contribution in [0.1, 0.15) is 21.5 Å². The number of amides is 1. The van der Waals surface area contributed by atoms with E-state index in [4.69, 9.17) is 0 Å². The molecule has 0 bridgehead atoms. The minimum Gasteiger partial charge on any atom is -0.321 e. The average Bonchev–Trinajstić information content (AvgIpc) is 2.35. The van der Waals surface area contributed by atoms with Crippen molar-refractivity contribution in [1.29, 1.82) is 0 Å². The highest BCUT2D eigenvalue weighted by Crippen LogP contribution is 2.22. The fraction of sp³-hybridized carbons (Fsp3) is 0.133. The first-order chi connectivity index (χ1) is 8.59. The van der Waals surface area contributed by atoms with Crippen LogP contribution in [-0.2, 0) is 0 Å². The van der Waals surface area contributed by atoms with Crippen molar-refractivity contribution in [3.05, 3.63) is 63.6 Å². The molecule has 2 nitrogen and oxygen atoms in total. The molecule has 92 valence electrons. The van der Waals surface area contributed by atoms with Crippen LogP contribution in [0, 0.1) is 13.8 Å². The first-order valence-electron chi connectivity index (χ1n) is 5.71. The van der Waals surface area contributed by atoms with Gasteiger partial charge in [-0.1, -0.05) is 24.3 Å². The second kappa shape index (κ2) is 5.36. The fourth-order valence-electron chi connectivity index (χ4n) is 1.75. The molecule has 18 heavy (non-hydrogen) atoms. The maximum atomic E-state index is 12.2. The van der Waals surface area contributed by atoms with Gasteiger partial charge in [-0.05, 0) is 59.1 Å². The predicted octanol–water partition coefficient (Wildman–Crippen LogP) is 4.32. The SMILES string of the molecule is Cc1cccc(C(=O)Nc2ccccc2Br)c1C. The van der Waals surface area contributed by atoms with E-state index in [0.29, 0.717) is 5.56 Å². The maximum absolute atomic E-state index is 12.2. The van der Waals surface area contributed by atoms with Gasteiger partial charge in [-0.25, -0.2) is 0 Å². The Morgan fingerprint density at radius 1 is 1.06 bits per heavy atom. The van der Waals surface area contributed by atoms with Gasteiger partial charge in [-0.15, -0.1) is 0 Å². The first-order valence-corrected chi connectivity index (χ1v) is 6.51. The number of hydrogen-bond acceptors (Lipinski definition) is 1. The molecule has 0 fully saturated rings. The number of halogens is 1. The lowest BCUT2D eigenvalue weighted by molar-refractivity contribution is 0.102. The highest BCUT2D eigenvalue weighted by Gasteiger charge is 2.11. The van der Waals surface area contributed by atoms with E-state index in [1.54, 1.807) is 0 Å². The van der Waals surface area contributed by atoms with E-state index in [9.17, 15) is 4.79 Å². The van der Waals surface area contributed by atoms with Crippen LogP contribution in [0.5, 0.6) is 0 Å². The van der Waals surface area contributed by atoms with Gasteiger partial charge in [0.15, 0.2) is 0 Å². The summed E-state index contributed by atoms with van der Waals surface area (Å²) in [5.41, 5.74) is 3.63. The lowest BCUT2D eigenvalue weighted by Crippen LogP contribution is -2.14. The topological polar surface area (TPSA) is 29.1 Å². The lowest BCUT2D eigenvalue weighted by Gasteiger charge is -2.10. The second-order valence-electron chi connectivity index (χ2n) is 4.18. The van der Waals surface area contributed by atoms with Crippen LogP contribution in [0.25, 0.3) is 0 Å². The summed E-state index contributed by atoms with van der Waals surface area (Å²) < 4.78 is 0.878. The number of rotatable bonds is 2. The van der Waals surface area contributed by atoms with Crippen molar-refractivity contribution in [3.8, 4) is 0 Å². The molecule has 0 radical (unpaired) electrons. The quantitative estimate of drug-likeness (QED) is 0.879. The van der Waals surface area contributed by atoms with E-state index in [2.05, 4.69) is 21.2 Å². The average molecular weight is 304 g/mol. The van der Waals surface area contributed by atoms with Gasteiger partial charge in [-0.2, -0.15) is 0 Å². The number of aryl methyl sites for hydroxylation is 1. The zero-order valence-corrected chi connectivity index (χ0v) is 11.9. The molecule has 0 saturated carbocycles. The summed E-state index contributed by atoms with van der Waals surface area (Å²) in [6.07, 6.45) is 0. The molecule has 1 amide bonds. The third-order valence-electron chi connectivity index (χ3n) is 2.97. The highest BCUT2D eigenvalue weighted by atomic mass is 79.9. The smallest absolute Gasteiger partial charge is 0.255 e. The van der Waals surface area contributed by atoms with Gasteiger partial charge in [0.2, 0.25) is 0 Å². The Morgan fingerprint density at radius 2 is 1.78 bits per heavy atom. The van der Waals surface area contributed by atoms with E-state index < -0.39 is 0 Å². The molecule has 2 rings (SSSR count). The predicted molar refractivity (Wildman–Crippen MR) is 78.0 cm³/mol. The number of carbonyl (C=O) groups excluding carboxylic acids is 1. The van der Waals surface area contributed by atoms with E-state index in [1.807, 2.05) is 56.3 Å². The number of hydrogen-bond donors (Lipinski definition) is 1. The van der Waals surface area contributed by atoms with E-state index in [-0.39, 0.29) is 5.91 Å². The summed E-state index contributed by atoms with van der Waals surface area (Å²) >= 11 is 3.42. The van der Waals surface area contributed by atoms with E-state index in [0.717, 1.165) is 21.3 Å². The van der Waals surface area contributed by atoms with Gasteiger partial charge in [0.25, 0.3) is 5.91 Å². The van der Waals surface area contributed by atoms with E-state index in [1.165, 1.54) is 0 Å². The molecule has 0 atom stereocenters. The second-order valence-corrected chi connectivity index (χ2v) is 5.04. The lowest BCUT2D eigenvalue weighted by atomic mass is 10.0. The minimum absolute atomic E-state index is 0.0805. The van der Waals surface area contributed by atoms with Crippen LogP contribution in [0.3, 0.4) is 0 Å². The monoisotopic (exact) mass is 303 g/mol. The zero-order valence-electron chi connectivity index (χ0n) is 10.3. The molecular weight excluding hydrogens is 290 g/mol. The third-order valence-corrected chi connectivity index (χ3v) is 3.66. The van der Waals surface area contributed by atoms with Gasteiger partial charge in [0.1, 0.15) is 0 Å². The van der Waals surface area contributed by atoms with Crippen molar-refractivity contribution in [1.82, 2.24) is 0 Å².